The molecule has 0 bridgehead atoms. The summed E-state index contributed by atoms with van der Waals surface area (Å²) in [5.74, 6) is 1.75. The van der Waals surface area contributed by atoms with Gasteiger partial charge in [0.05, 0.1) is 5.69 Å². The molecule has 0 unspecified atom stereocenters. The lowest BCUT2D eigenvalue weighted by Crippen LogP contribution is -2.21. The predicted octanol–water partition coefficient (Wildman–Crippen LogP) is 4.00. The lowest BCUT2D eigenvalue weighted by atomic mass is 9.92. The number of pyridine rings is 1. The number of halogens is 1. The van der Waals surface area contributed by atoms with Crippen molar-refractivity contribution in [1.29, 1.82) is 0 Å². The molecule has 88 valence electrons. The van der Waals surface area contributed by atoms with Crippen molar-refractivity contribution in [3.8, 4) is 0 Å². The second-order valence-electron chi connectivity index (χ2n) is 5.13. The Kier molecular flexibility index (Phi) is 3.24. The highest BCUT2D eigenvalue weighted by molar-refractivity contribution is 9.10. The molecule has 2 rings (SSSR count). The number of hydrogen-bond acceptors (Lipinski definition) is 2. The van der Waals surface area contributed by atoms with Gasteiger partial charge in [-0.2, -0.15) is 0 Å². The van der Waals surface area contributed by atoms with Gasteiger partial charge in [-0.1, -0.05) is 13.8 Å². The normalized spacial score (nSPS) is 17.6. The Balaban J connectivity index is 1.97. The Morgan fingerprint density at radius 3 is 2.62 bits per heavy atom. The molecule has 3 heteroatoms. The van der Waals surface area contributed by atoms with Crippen LogP contribution in [0.15, 0.2) is 16.6 Å². The maximum absolute atomic E-state index is 4.50. The topological polar surface area (TPSA) is 24.9 Å². The first-order valence-corrected chi connectivity index (χ1v) is 6.70. The Bertz CT molecular complexity index is 384. The minimum Gasteiger partial charge on any atom is -0.369 e. The molecule has 1 fully saturated rings. The van der Waals surface area contributed by atoms with Crippen molar-refractivity contribution in [1.82, 2.24) is 4.98 Å². The van der Waals surface area contributed by atoms with E-state index < -0.39 is 0 Å². The van der Waals surface area contributed by atoms with Crippen LogP contribution in [0.5, 0.6) is 0 Å². The molecule has 1 N–H and O–H groups in total. The Hall–Kier alpha value is -0.570. The Morgan fingerprint density at radius 2 is 2.12 bits per heavy atom. The van der Waals surface area contributed by atoms with Crippen LogP contribution in [-0.2, 0) is 0 Å². The van der Waals surface area contributed by atoms with Crippen LogP contribution in [0.2, 0.25) is 0 Å². The zero-order valence-corrected chi connectivity index (χ0v) is 11.8. The van der Waals surface area contributed by atoms with Crippen LogP contribution in [0.1, 0.15) is 32.4 Å². The number of nitrogens with zero attached hydrogens (tertiary/aromatic N) is 1. The molecule has 0 atom stereocenters. The van der Waals surface area contributed by atoms with E-state index in [-0.39, 0.29) is 0 Å². The number of nitrogens with one attached hydrogen (secondary N) is 1. The number of rotatable bonds is 4. The fraction of sp³-hybridized carbons (Fsp3) is 0.615. The van der Waals surface area contributed by atoms with Gasteiger partial charge in [-0.25, -0.2) is 4.98 Å². The molecule has 0 aliphatic heterocycles. The summed E-state index contributed by atoms with van der Waals surface area (Å²) in [4.78, 5) is 4.50. The summed E-state index contributed by atoms with van der Waals surface area (Å²) in [6, 6.07) is 4.09. The maximum atomic E-state index is 4.50. The van der Waals surface area contributed by atoms with Gasteiger partial charge < -0.3 is 5.32 Å². The lowest BCUT2D eigenvalue weighted by Gasteiger charge is -2.20. The standard InChI is InChI=1S/C13H19BrN2/c1-9(2)13(6-7-13)8-15-12-5-4-11(14)10(3)16-12/h4-5,9H,6-8H2,1-3H3,(H,15,16). The molecule has 1 aliphatic carbocycles. The van der Waals surface area contributed by atoms with Crippen molar-refractivity contribution in [2.75, 3.05) is 11.9 Å². The van der Waals surface area contributed by atoms with E-state index in [1.807, 2.05) is 13.0 Å². The largest absolute Gasteiger partial charge is 0.369 e. The average molecular weight is 283 g/mol. The van der Waals surface area contributed by atoms with Crippen molar-refractivity contribution in [3.05, 3.63) is 22.3 Å². The minimum absolute atomic E-state index is 0.530. The van der Waals surface area contributed by atoms with Gasteiger partial charge >= 0.3 is 0 Å². The second-order valence-corrected chi connectivity index (χ2v) is 5.99. The predicted molar refractivity (Wildman–Crippen MR) is 71.7 cm³/mol. The van der Waals surface area contributed by atoms with E-state index in [1.54, 1.807) is 0 Å². The van der Waals surface area contributed by atoms with Gasteiger partial charge in [-0.3, -0.25) is 0 Å². The molecule has 0 radical (unpaired) electrons. The van der Waals surface area contributed by atoms with E-state index >= 15 is 0 Å². The van der Waals surface area contributed by atoms with Crippen molar-refractivity contribution in [2.24, 2.45) is 11.3 Å². The fourth-order valence-electron chi connectivity index (χ4n) is 2.03. The third-order valence-corrected chi connectivity index (χ3v) is 4.60. The van der Waals surface area contributed by atoms with E-state index in [4.69, 9.17) is 0 Å². The third kappa shape index (κ3) is 2.40. The van der Waals surface area contributed by atoms with Gasteiger partial charge in [-0.05, 0) is 59.2 Å². The molecule has 1 heterocycles. The second kappa shape index (κ2) is 4.36. The lowest BCUT2D eigenvalue weighted by molar-refractivity contribution is 0.380. The minimum atomic E-state index is 0.530. The van der Waals surface area contributed by atoms with Gasteiger partial charge in [0.25, 0.3) is 0 Å². The summed E-state index contributed by atoms with van der Waals surface area (Å²) in [5.41, 5.74) is 1.57. The highest BCUT2D eigenvalue weighted by Gasteiger charge is 2.44. The molecule has 0 saturated heterocycles. The molecule has 0 spiro atoms. The van der Waals surface area contributed by atoms with Crippen LogP contribution in [0.3, 0.4) is 0 Å². The van der Waals surface area contributed by atoms with Gasteiger partial charge in [-0.15, -0.1) is 0 Å². The zero-order valence-electron chi connectivity index (χ0n) is 10.2. The Morgan fingerprint density at radius 1 is 1.44 bits per heavy atom. The van der Waals surface area contributed by atoms with Crippen LogP contribution in [0.4, 0.5) is 5.82 Å². The molecular formula is C13H19BrN2. The first-order chi connectivity index (χ1) is 7.53. The molecular weight excluding hydrogens is 264 g/mol. The van der Waals surface area contributed by atoms with E-state index in [0.717, 1.165) is 28.4 Å². The number of anilines is 1. The SMILES string of the molecule is Cc1nc(NCC2(C(C)C)CC2)ccc1Br. The van der Waals surface area contributed by atoms with Crippen LogP contribution >= 0.6 is 15.9 Å². The first-order valence-electron chi connectivity index (χ1n) is 5.90. The third-order valence-electron chi connectivity index (χ3n) is 3.76. The number of aryl methyl sites for hydroxylation is 1. The molecule has 1 aromatic heterocycles. The van der Waals surface area contributed by atoms with Gasteiger partial charge in [0.2, 0.25) is 0 Å². The molecule has 0 amide bonds. The van der Waals surface area contributed by atoms with Crippen LogP contribution in [0.25, 0.3) is 0 Å². The summed E-state index contributed by atoms with van der Waals surface area (Å²) in [6.45, 7) is 7.70. The van der Waals surface area contributed by atoms with Gasteiger partial charge in [0, 0.05) is 11.0 Å². The van der Waals surface area contributed by atoms with E-state index in [9.17, 15) is 0 Å². The van der Waals surface area contributed by atoms with Crippen LogP contribution in [-0.4, -0.2) is 11.5 Å². The van der Waals surface area contributed by atoms with Crippen molar-refractivity contribution in [3.63, 3.8) is 0 Å². The maximum Gasteiger partial charge on any atom is 0.126 e. The quantitative estimate of drug-likeness (QED) is 0.903. The van der Waals surface area contributed by atoms with E-state index in [1.165, 1.54) is 12.8 Å². The van der Waals surface area contributed by atoms with Gasteiger partial charge in [0.1, 0.15) is 5.82 Å². The van der Waals surface area contributed by atoms with E-state index in [2.05, 4.69) is 46.1 Å². The summed E-state index contributed by atoms with van der Waals surface area (Å²) in [7, 11) is 0. The molecule has 1 aromatic rings. The zero-order chi connectivity index (χ0) is 11.8. The van der Waals surface area contributed by atoms with Crippen molar-refractivity contribution < 1.29 is 0 Å². The molecule has 0 aromatic carbocycles. The number of hydrogen-bond donors (Lipinski definition) is 1. The molecule has 16 heavy (non-hydrogen) atoms. The Labute approximate surface area is 106 Å². The molecule has 1 aliphatic rings. The first kappa shape index (κ1) is 11.9. The fourth-order valence-corrected chi connectivity index (χ4v) is 2.25. The van der Waals surface area contributed by atoms with E-state index in [0.29, 0.717) is 5.41 Å². The summed E-state index contributed by atoms with van der Waals surface area (Å²) in [6.07, 6.45) is 2.71. The van der Waals surface area contributed by atoms with Crippen LogP contribution < -0.4 is 5.32 Å². The monoisotopic (exact) mass is 282 g/mol. The van der Waals surface area contributed by atoms with Gasteiger partial charge in [0.15, 0.2) is 0 Å². The van der Waals surface area contributed by atoms with Crippen molar-refractivity contribution >= 4 is 21.7 Å². The summed E-state index contributed by atoms with van der Waals surface area (Å²) < 4.78 is 1.07. The smallest absolute Gasteiger partial charge is 0.126 e. The molecule has 2 nitrogen and oxygen atoms in total. The average Bonchev–Trinajstić information content (AvgIpc) is 3.01. The van der Waals surface area contributed by atoms with Crippen LogP contribution in [0, 0.1) is 18.3 Å². The summed E-state index contributed by atoms with van der Waals surface area (Å²) in [5, 5.41) is 3.46. The highest BCUT2D eigenvalue weighted by atomic mass is 79.9. The molecule has 1 saturated carbocycles. The highest BCUT2D eigenvalue weighted by Crippen LogP contribution is 2.51. The summed E-state index contributed by atoms with van der Waals surface area (Å²) >= 11 is 3.47. The van der Waals surface area contributed by atoms with Crippen molar-refractivity contribution in [2.45, 2.75) is 33.6 Å². The number of aromatic nitrogens is 1.